The molecule has 0 aromatic carbocycles. The fourth-order valence-electron chi connectivity index (χ4n) is 0.408. The summed E-state index contributed by atoms with van der Waals surface area (Å²) >= 11 is 4.96. The second-order valence-corrected chi connectivity index (χ2v) is 30.2. The quantitative estimate of drug-likeness (QED) is 0.415. The number of hydrogen-bond acceptors (Lipinski definition) is 2. The van der Waals surface area contributed by atoms with E-state index >= 15 is 0 Å². The van der Waals surface area contributed by atoms with Crippen LogP contribution in [-0.2, 0) is 0 Å². The molecule has 0 aliphatic heterocycles. The summed E-state index contributed by atoms with van der Waals surface area (Å²) < 4.78 is 0. The predicted octanol–water partition coefficient (Wildman–Crippen LogP) is 1.29. The van der Waals surface area contributed by atoms with Gasteiger partial charge in [0.05, 0.1) is 0 Å². The van der Waals surface area contributed by atoms with Crippen LogP contribution in [0.1, 0.15) is 6.42 Å². The van der Waals surface area contributed by atoms with E-state index in [9.17, 15) is 0 Å². The molecule has 0 fully saturated rings. The van der Waals surface area contributed by atoms with E-state index in [1.54, 1.807) is 0 Å². The molecule has 0 atom stereocenters. The van der Waals surface area contributed by atoms with Crippen LogP contribution in [0, 0.1) is 0 Å². The standard InChI is InChI=1S/C5H14N2.2HI.Pb/c1-7(2)5-3-4-6;;;/h3-6H2,1-2H3;2*1H;/q;;;+2/p-2. The van der Waals surface area contributed by atoms with E-state index in [1.165, 1.54) is 0 Å². The van der Waals surface area contributed by atoms with Crippen molar-refractivity contribution in [3.8, 4) is 0 Å². The minimum absolute atomic E-state index is 0.0233. The Kier molecular flexibility index (Phi) is 20.5. The molecule has 0 aliphatic rings. The molecule has 2 N–H and O–H groups in total. The molecule has 10 heavy (non-hydrogen) atoms. The molecule has 62 valence electrons. The van der Waals surface area contributed by atoms with Crippen LogP contribution in [0.15, 0.2) is 0 Å². The van der Waals surface area contributed by atoms with Gasteiger partial charge in [-0.2, -0.15) is 0 Å². The van der Waals surface area contributed by atoms with Gasteiger partial charge in [0.1, 0.15) is 0 Å². The third kappa shape index (κ3) is 22.4. The second-order valence-electron chi connectivity index (χ2n) is 2.02. The first-order valence-electron chi connectivity index (χ1n) is 3.00. The second kappa shape index (κ2) is 13.9. The Morgan fingerprint density at radius 3 is 1.90 bits per heavy atom. The average molecular weight is 563 g/mol. The van der Waals surface area contributed by atoms with Crippen LogP contribution >= 0.6 is 35.5 Å². The fourth-order valence-corrected chi connectivity index (χ4v) is 0.408. The molecule has 0 bridgehead atoms. The van der Waals surface area contributed by atoms with Gasteiger partial charge in [0.15, 0.2) is 0 Å². The third-order valence-electron chi connectivity index (χ3n) is 0.809. The summed E-state index contributed by atoms with van der Waals surface area (Å²) in [5.74, 6) is 0. The summed E-state index contributed by atoms with van der Waals surface area (Å²) in [6, 6.07) is 0. The van der Waals surface area contributed by atoms with Gasteiger partial charge in [0.2, 0.25) is 0 Å². The maximum atomic E-state index is 5.25. The number of hydrogen-bond donors (Lipinski definition) is 1. The van der Waals surface area contributed by atoms with Gasteiger partial charge >= 0.3 is 51.2 Å². The summed E-state index contributed by atoms with van der Waals surface area (Å²) in [7, 11) is 4.10. The molecule has 2 nitrogen and oxygen atoms in total. The van der Waals surface area contributed by atoms with E-state index in [2.05, 4.69) is 54.5 Å². The van der Waals surface area contributed by atoms with Crippen molar-refractivity contribution in [1.82, 2.24) is 4.90 Å². The minimum atomic E-state index is 0.0233. The van der Waals surface area contributed by atoms with E-state index in [-0.39, 0.29) is 15.6 Å². The van der Waals surface area contributed by atoms with Crippen molar-refractivity contribution in [1.29, 1.82) is 0 Å². The van der Waals surface area contributed by atoms with Crippen LogP contribution in [0.3, 0.4) is 0 Å². The number of halogens is 2. The molecular formula is C5H14I2N2Pb. The molecule has 0 spiro atoms. The molecule has 0 aromatic rings. The zero-order chi connectivity index (χ0) is 8.41. The zero-order valence-corrected chi connectivity index (χ0v) is 14.6. The molecule has 0 amide bonds. The van der Waals surface area contributed by atoms with Crippen molar-refractivity contribution in [3.63, 3.8) is 0 Å². The Balaban J connectivity index is 0. The van der Waals surface area contributed by atoms with Gasteiger partial charge < -0.3 is 10.6 Å². The van der Waals surface area contributed by atoms with E-state index in [1.807, 2.05) is 0 Å². The van der Waals surface area contributed by atoms with Crippen LogP contribution < -0.4 is 5.73 Å². The van der Waals surface area contributed by atoms with Gasteiger partial charge in [-0.3, -0.25) is 0 Å². The number of rotatable bonds is 3. The van der Waals surface area contributed by atoms with E-state index in [4.69, 9.17) is 5.73 Å². The number of nitrogens with zero attached hydrogens (tertiary/aromatic N) is 1. The molecule has 0 saturated heterocycles. The third-order valence-corrected chi connectivity index (χ3v) is 0.809. The first-order chi connectivity index (χ1) is 4.68. The van der Waals surface area contributed by atoms with Crippen LogP contribution in [0.5, 0.6) is 0 Å². The molecule has 5 heteroatoms. The van der Waals surface area contributed by atoms with Crippen LogP contribution in [-0.4, -0.2) is 47.7 Å². The monoisotopic (exact) mass is 564 g/mol. The van der Waals surface area contributed by atoms with Gasteiger partial charge in [-0.15, -0.1) is 0 Å². The molecule has 0 saturated carbocycles. The van der Waals surface area contributed by atoms with Crippen LogP contribution in [0.25, 0.3) is 0 Å². The van der Waals surface area contributed by atoms with Gasteiger partial charge in [0, 0.05) is 0 Å². The maximum absolute atomic E-state index is 5.25. The van der Waals surface area contributed by atoms with Crippen LogP contribution in [0.4, 0.5) is 0 Å². The normalized spacial score (nSPS) is 9.00. The van der Waals surface area contributed by atoms with Crippen molar-refractivity contribution in [2.45, 2.75) is 6.42 Å². The van der Waals surface area contributed by atoms with Gasteiger partial charge in [-0.25, -0.2) is 0 Å². The first kappa shape index (κ1) is 14.8. The zero-order valence-electron chi connectivity index (χ0n) is 6.40. The Morgan fingerprint density at radius 1 is 1.40 bits per heavy atom. The Hall–Kier alpha value is 2.30. The Labute approximate surface area is 93.8 Å². The molecule has 0 aromatic heterocycles. The van der Waals surface area contributed by atoms with Crippen LogP contribution in [0.2, 0.25) is 0 Å². The van der Waals surface area contributed by atoms with E-state index < -0.39 is 0 Å². The summed E-state index contributed by atoms with van der Waals surface area (Å²) in [5.41, 5.74) is 5.25. The van der Waals surface area contributed by atoms with Crippen molar-refractivity contribution in [3.05, 3.63) is 0 Å². The Bertz CT molecular complexity index is 54.9. The molecule has 2 radical (unpaired) electrons. The number of nitrogens with two attached hydrogens (primary N) is 1. The Morgan fingerprint density at radius 2 is 1.80 bits per heavy atom. The van der Waals surface area contributed by atoms with Crippen molar-refractivity contribution < 1.29 is 0 Å². The fraction of sp³-hybridized carbons (Fsp3) is 1.00. The summed E-state index contributed by atoms with van der Waals surface area (Å²) in [4.78, 5) is 2.13. The van der Waals surface area contributed by atoms with Gasteiger partial charge in [-0.1, -0.05) is 0 Å². The SMILES string of the molecule is CN(C)CCCN.[I][Pb][I]. The summed E-state index contributed by atoms with van der Waals surface area (Å²) in [6.45, 7) is 1.91. The van der Waals surface area contributed by atoms with Crippen molar-refractivity contribution >= 4 is 51.2 Å². The first-order valence-corrected chi connectivity index (χ1v) is 24.9. The van der Waals surface area contributed by atoms with Gasteiger partial charge in [-0.05, 0) is 33.6 Å². The molecule has 0 rings (SSSR count). The summed E-state index contributed by atoms with van der Waals surface area (Å²) in [6.07, 6.45) is 1.10. The van der Waals surface area contributed by atoms with Gasteiger partial charge in [0.25, 0.3) is 0 Å². The van der Waals surface area contributed by atoms with E-state index in [0.717, 1.165) is 19.5 Å². The van der Waals surface area contributed by atoms with Crippen molar-refractivity contribution in [2.24, 2.45) is 5.73 Å². The molecule has 0 heterocycles. The van der Waals surface area contributed by atoms with Crippen molar-refractivity contribution in [2.75, 3.05) is 27.2 Å². The topological polar surface area (TPSA) is 29.3 Å². The predicted molar refractivity (Wildman–Crippen MR) is 66.0 cm³/mol. The molecular weight excluding hydrogens is 549 g/mol. The molecule has 0 unspecified atom stereocenters. The summed E-state index contributed by atoms with van der Waals surface area (Å²) in [5, 5.41) is 0. The molecule has 0 aliphatic carbocycles. The average Bonchev–Trinajstić information content (AvgIpc) is 1.85. The van der Waals surface area contributed by atoms with E-state index in [0.29, 0.717) is 0 Å².